The summed E-state index contributed by atoms with van der Waals surface area (Å²) in [6.45, 7) is 8.35. The molecule has 0 saturated carbocycles. The lowest BCUT2D eigenvalue weighted by Gasteiger charge is -2.37. The smallest absolute Gasteiger partial charge is 0.262 e. The Kier molecular flexibility index (Phi) is 5.66. The molecule has 0 fully saturated rings. The van der Waals surface area contributed by atoms with Crippen LogP contribution in [0.15, 0.2) is 45.8 Å². The van der Waals surface area contributed by atoms with Crippen molar-refractivity contribution < 1.29 is 22.4 Å². The molecule has 1 aliphatic heterocycles. The lowest BCUT2D eigenvalue weighted by molar-refractivity contribution is 0.0195. The second-order valence-electron chi connectivity index (χ2n) is 8.09. The number of hydrogen-bond donors (Lipinski definition) is 0. The van der Waals surface area contributed by atoms with Gasteiger partial charge in [-0.2, -0.15) is 4.31 Å². The number of sulfonamides is 1. The molecule has 1 aliphatic rings. The standard InChI is InChI=1S/C22H25ClN2O5S/c1-5-25(6-2)31(26,27)15-8-10-18-16(12-15)20(13-22(3,4)29-18)28-21-17-11-14(23)7-9-19(17)30-24-21/h7-12,20H,5-6,13H2,1-4H3/t20-/m0/s1. The highest BCUT2D eigenvalue weighted by molar-refractivity contribution is 7.89. The molecule has 0 aliphatic carbocycles. The van der Waals surface area contributed by atoms with Crippen LogP contribution in [0, 0.1) is 0 Å². The van der Waals surface area contributed by atoms with Gasteiger partial charge in [0.2, 0.25) is 10.0 Å². The fraction of sp³-hybridized carbons (Fsp3) is 0.409. The zero-order chi connectivity index (χ0) is 22.4. The topological polar surface area (TPSA) is 81.9 Å². The second kappa shape index (κ2) is 8.00. The van der Waals surface area contributed by atoms with Crippen molar-refractivity contribution in [1.82, 2.24) is 9.46 Å². The number of fused-ring (bicyclic) bond motifs is 2. The van der Waals surface area contributed by atoms with Gasteiger partial charge in [-0.3, -0.25) is 0 Å². The maximum Gasteiger partial charge on any atom is 0.262 e. The maximum atomic E-state index is 13.0. The first-order chi connectivity index (χ1) is 14.6. The fourth-order valence-electron chi connectivity index (χ4n) is 3.85. The van der Waals surface area contributed by atoms with Crippen LogP contribution in [0.25, 0.3) is 11.0 Å². The van der Waals surface area contributed by atoms with E-state index in [2.05, 4.69) is 5.16 Å². The summed E-state index contributed by atoms with van der Waals surface area (Å²) in [7, 11) is -3.62. The first kappa shape index (κ1) is 21.9. The van der Waals surface area contributed by atoms with Gasteiger partial charge in [0, 0.05) is 30.1 Å². The first-order valence-electron chi connectivity index (χ1n) is 10.2. The maximum absolute atomic E-state index is 13.0. The second-order valence-corrected chi connectivity index (χ2v) is 10.5. The highest BCUT2D eigenvalue weighted by Crippen LogP contribution is 2.44. The van der Waals surface area contributed by atoms with Crippen molar-refractivity contribution in [2.24, 2.45) is 0 Å². The number of halogens is 1. The molecular weight excluding hydrogens is 440 g/mol. The van der Waals surface area contributed by atoms with E-state index >= 15 is 0 Å². The van der Waals surface area contributed by atoms with Crippen molar-refractivity contribution >= 4 is 32.6 Å². The average molecular weight is 465 g/mol. The van der Waals surface area contributed by atoms with Gasteiger partial charge in [-0.25, -0.2) is 8.42 Å². The molecule has 2 aromatic carbocycles. The predicted octanol–water partition coefficient (Wildman–Crippen LogP) is 5.19. The summed E-state index contributed by atoms with van der Waals surface area (Å²) >= 11 is 6.13. The van der Waals surface area contributed by atoms with Crippen LogP contribution in [0.5, 0.6) is 11.6 Å². The highest BCUT2D eigenvalue weighted by Gasteiger charge is 2.37. The molecule has 4 rings (SSSR count). The van der Waals surface area contributed by atoms with Gasteiger partial charge < -0.3 is 14.0 Å². The SMILES string of the molecule is CCN(CC)S(=O)(=O)c1ccc2c(c1)[C@@H](Oc1noc3ccc(Cl)cc13)CC(C)(C)O2. The molecule has 0 amide bonds. The number of benzene rings is 2. The van der Waals surface area contributed by atoms with Crippen LogP contribution in [0.2, 0.25) is 5.02 Å². The van der Waals surface area contributed by atoms with E-state index in [1.807, 2.05) is 27.7 Å². The summed E-state index contributed by atoms with van der Waals surface area (Å²) in [5.74, 6) is 0.897. The Morgan fingerprint density at radius 2 is 1.94 bits per heavy atom. The van der Waals surface area contributed by atoms with Crippen molar-refractivity contribution in [3.05, 3.63) is 47.0 Å². The molecule has 0 N–H and O–H groups in total. The molecule has 1 aromatic heterocycles. The molecular formula is C22H25ClN2O5S. The van der Waals surface area contributed by atoms with Crippen LogP contribution in [0.4, 0.5) is 0 Å². The van der Waals surface area contributed by atoms with Gasteiger partial charge in [0.1, 0.15) is 17.5 Å². The van der Waals surface area contributed by atoms with Crippen molar-refractivity contribution in [2.75, 3.05) is 13.1 Å². The number of nitrogens with zero attached hydrogens (tertiary/aromatic N) is 2. The van der Waals surface area contributed by atoms with Crippen LogP contribution in [0.3, 0.4) is 0 Å². The minimum Gasteiger partial charge on any atom is -0.487 e. The third-order valence-electron chi connectivity index (χ3n) is 5.39. The minimum absolute atomic E-state index is 0.208. The van der Waals surface area contributed by atoms with Crippen molar-refractivity contribution in [2.45, 2.75) is 50.7 Å². The molecule has 7 nitrogen and oxygen atoms in total. The Labute approximate surface area is 186 Å². The lowest BCUT2D eigenvalue weighted by Crippen LogP contribution is -2.37. The van der Waals surface area contributed by atoms with E-state index in [9.17, 15) is 8.42 Å². The third-order valence-corrected chi connectivity index (χ3v) is 7.67. The van der Waals surface area contributed by atoms with E-state index in [-0.39, 0.29) is 4.90 Å². The number of hydrogen-bond acceptors (Lipinski definition) is 6. The molecule has 0 bridgehead atoms. The Morgan fingerprint density at radius 3 is 2.65 bits per heavy atom. The minimum atomic E-state index is -3.62. The largest absolute Gasteiger partial charge is 0.487 e. The lowest BCUT2D eigenvalue weighted by atomic mass is 9.91. The zero-order valence-corrected chi connectivity index (χ0v) is 19.5. The Hall–Kier alpha value is -2.29. The van der Waals surface area contributed by atoms with E-state index in [0.29, 0.717) is 52.7 Å². The van der Waals surface area contributed by atoms with Crippen LogP contribution in [-0.4, -0.2) is 36.6 Å². The van der Waals surface area contributed by atoms with Gasteiger partial charge in [-0.05, 0) is 55.4 Å². The van der Waals surface area contributed by atoms with E-state index in [0.717, 1.165) is 0 Å². The van der Waals surface area contributed by atoms with Crippen molar-refractivity contribution in [3.8, 4) is 11.6 Å². The molecule has 3 aromatic rings. The third kappa shape index (κ3) is 4.12. The van der Waals surface area contributed by atoms with Crippen LogP contribution in [0.1, 0.15) is 45.8 Å². The average Bonchev–Trinajstić information content (AvgIpc) is 3.09. The van der Waals surface area contributed by atoms with Gasteiger partial charge in [0.25, 0.3) is 5.88 Å². The van der Waals surface area contributed by atoms with Crippen molar-refractivity contribution in [3.63, 3.8) is 0 Å². The number of aromatic nitrogens is 1. The zero-order valence-electron chi connectivity index (χ0n) is 17.9. The molecule has 0 radical (unpaired) electrons. The van der Waals surface area contributed by atoms with Gasteiger partial charge in [0.05, 0.1) is 10.3 Å². The quantitative estimate of drug-likeness (QED) is 0.499. The summed E-state index contributed by atoms with van der Waals surface area (Å²) < 4.78 is 45.2. The molecule has 0 spiro atoms. The summed E-state index contributed by atoms with van der Waals surface area (Å²) in [6, 6.07) is 10.1. The number of ether oxygens (including phenoxy) is 2. The number of rotatable bonds is 6. The summed E-state index contributed by atoms with van der Waals surface area (Å²) in [5.41, 5.74) is 0.711. The monoisotopic (exact) mass is 464 g/mol. The Morgan fingerprint density at radius 1 is 1.19 bits per heavy atom. The Balaban J connectivity index is 1.77. The van der Waals surface area contributed by atoms with Crippen molar-refractivity contribution in [1.29, 1.82) is 0 Å². The molecule has 0 unspecified atom stereocenters. The molecule has 0 saturated heterocycles. The van der Waals surface area contributed by atoms with E-state index in [4.69, 9.17) is 25.6 Å². The van der Waals surface area contributed by atoms with Crippen LogP contribution >= 0.6 is 11.6 Å². The van der Waals surface area contributed by atoms with Crippen LogP contribution in [-0.2, 0) is 10.0 Å². The fourth-order valence-corrected chi connectivity index (χ4v) is 5.52. The Bertz CT molecular complexity index is 1220. The van der Waals surface area contributed by atoms with Gasteiger partial charge >= 0.3 is 0 Å². The summed E-state index contributed by atoms with van der Waals surface area (Å²) in [4.78, 5) is 0.208. The van der Waals surface area contributed by atoms with E-state index in [1.54, 1.807) is 36.4 Å². The van der Waals surface area contributed by atoms with E-state index < -0.39 is 21.7 Å². The van der Waals surface area contributed by atoms with Crippen LogP contribution < -0.4 is 9.47 Å². The summed E-state index contributed by atoms with van der Waals surface area (Å²) in [6.07, 6.45) is 0.0295. The molecule has 9 heteroatoms. The predicted molar refractivity (Wildman–Crippen MR) is 118 cm³/mol. The van der Waals surface area contributed by atoms with Gasteiger partial charge in [0.15, 0.2) is 5.58 Å². The van der Waals surface area contributed by atoms with Gasteiger partial charge in [-0.1, -0.05) is 25.4 Å². The highest BCUT2D eigenvalue weighted by atomic mass is 35.5. The molecule has 31 heavy (non-hydrogen) atoms. The normalized spacial score (nSPS) is 18.1. The summed E-state index contributed by atoms with van der Waals surface area (Å²) in [5, 5.41) is 5.25. The molecule has 166 valence electrons. The molecule has 2 heterocycles. The first-order valence-corrected chi connectivity index (χ1v) is 12.0. The molecule has 1 atom stereocenters. The van der Waals surface area contributed by atoms with Gasteiger partial charge in [-0.15, -0.1) is 0 Å². The van der Waals surface area contributed by atoms with E-state index in [1.165, 1.54) is 4.31 Å².